The van der Waals surface area contributed by atoms with Crippen LogP contribution in [0.4, 0.5) is 0 Å². The molecule has 1 saturated carbocycles. The highest BCUT2D eigenvalue weighted by Crippen LogP contribution is 2.28. The molecule has 118 valence electrons. The van der Waals surface area contributed by atoms with E-state index in [2.05, 4.69) is 33.6 Å². The van der Waals surface area contributed by atoms with E-state index in [1.54, 1.807) is 0 Å². The highest BCUT2D eigenvalue weighted by atomic mass is 16.5. The Morgan fingerprint density at radius 2 is 2.24 bits per heavy atom. The van der Waals surface area contributed by atoms with Crippen molar-refractivity contribution in [1.82, 2.24) is 25.2 Å². The predicted octanol–water partition coefficient (Wildman–Crippen LogP) is 1.03. The maximum Gasteiger partial charge on any atom is 0.0964 e. The van der Waals surface area contributed by atoms with Crippen molar-refractivity contribution >= 4 is 0 Å². The average molecular weight is 293 g/mol. The molecule has 0 amide bonds. The molecule has 2 fully saturated rings. The van der Waals surface area contributed by atoms with Crippen LogP contribution < -0.4 is 5.32 Å². The van der Waals surface area contributed by atoms with E-state index < -0.39 is 0 Å². The van der Waals surface area contributed by atoms with Crippen molar-refractivity contribution in [1.29, 1.82) is 0 Å². The molecule has 1 saturated heterocycles. The monoisotopic (exact) mass is 293 g/mol. The van der Waals surface area contributed by atoms with Gasteiger partial charge in [-0.25, -0.2) is 0 Å². The average Bonchev–Trinajstić information content (AvgIpc) is 2.99. The Labute approximate surface area is 126 Å². The van der Waals surface area contributed by atoms with Gasteiger partial charge in [0.05, 0.1) is 24.9 Å². The molecule has 2 aliphatic rings. The zero-order valence-electron chi connectivity index (χ0n) is 13.0. The largest absolute Gasteiger partial charge is 0.375 e. The van der Waals surface area contributed by atoms with Crippen molar-refractivity contribution in [3.63, 3.8) is 0 Å². The minimum absolute atomic E-state index is 0.465. The van der Waals surface area contributed by atoms with E-state index in [-0.39, 0.29) is 0 Å². The summed E-state index contributed by atoms with van der Waals surface area (Å²) >= 11 is 0. The maximum atomic E-state index is 5.93. The molecule has 0 bridgehead atoms. The first-order valence-corrected chi connectivity index (χ1v) is 8.32. The van der Waals surface area contributed by atoms with Gasteiger partial charge in [0.2, 0.25) is 0 Å². The molecule has 0 spiro atoms. The highest BCUT2D eigenvalue weighted by Gasteiger charge is 2.33. The van der Waals surface area contributed by atoms with Gasteiger partial charge in [-0.2, -0.15) is 0 Å². The van der Waals surface area contributed by atoms with Crippen molar-refractivity contribution in [2.24, 2.45) is 0 Å². The summed E-state index contributed by atoms with van der Waals surface area (Å²) in [5, 5.41) is 11.7. The first-order valence-electron chi connectivity index (χ1n) is 8.32. The highest BCUT2D eigenvalue weighted by molar-refractivity contribution is 4.92. The lowest BCUT2D eigenvalue weighted by Crippen LogP contribution is -2.53. The molecule has 3 rings (SSSR count). The molecule has 2 heterocycles. The van der Waals surface area contributed by atoms with Crippen LogP contribution in [-0.4, -0.2) is 58.3 Å². The van der Waals surface area contributed by atoms with Gasteiger partial charge in [-0.3, -0.25) is 9.58 Å². The van der Waals surface area contributed by atoms with Gasteiger partial charge in [0.15, 0.2) is 0 Å². The van der Waals surface area contributed by atoms with Gasteiger partial charge >= 0.3 is 0 Å². The third-order valence-corrected chi connectivity index (χ3v) is 4.61. The molecule has 2 atom stereocenters. The Morgan fingerprint density at radius 3 is 3.14 bits per heavy atom. The van der Waals surface area contributed by atoms with Crippen LogP contribution in [0.5, 0.6) is 0 Å². The van der Waals surface area contributed by atoms with Crippen molar-refractivity contribution < 1.29 is 4.74 Å². The topological polar surface area (TPSA) is 55.2 Å². The zero-order chi connectivity index (χ0) is 14.5. The fraction of sp³-hybridized carbons (Fsp3) is 0.867. The first kappa shape index (κ1) is 14.9. The van der Waals surface area contributed by atoms with Crippen LogP contribution in [-0.2, 0) is 17.8 Å². The Hall–Kier alpha value is -0.980. The van der Waals surface area contributed by atoms with E-state index in [9.17, 15) is 0 Å². The van der Waals surface area contributed by atoms with Crippen molar-refractivity contribution in [3.8, 4) is 0 Å². The number of aromatic nitrogens is 3. The Morgan fingerprint density at radius 1 is 1.33 bits per heavy atom. The van der Waals surface area contributed by atoms with Gasteiger partial charge in [0.25, 0.3) is 0 Å². The predicted molar refractivity (Wildman–Crippen MR) is 81.0 cm³/mol. The molecule has 1 aromatic rings. The third kappa shape index (κ3) is 3.81. The van der Waals surface area contributed by atoms with Gasteiger partial charge in [0.1, 0.15) is 0 Å². The van der Waals surface area contributed by atoms with E-state index in [1.807, 2.05) is 4.68 Å². The number of nitrogens with one attached hydrogen (secondary N) is 1. The minimum atomic E-state index is 0.465. The summed E-state index contributed by atoms with van der Waals surface area (Å²) in [7, 11) is 0. The van der Waals surface area contributed by atoms with E-state index in [4.69, 9.17) is 4.74 Å². The summed E-state index contributed by atoms with van der Waals surface area (Å²) in [6.45, 7) is 7.77. The minimum Gasteiger partial charge on any atom is -0.375 e. The number of ether oxygens (including phenoxy) is 1. The van der Waals surface area contributed by atoms with E-state index in [0.29, 0.717) is 12.1 Å². The van der Waals surface area contributed by atoms with Crippen LogP contribution in [0.15, 0.2) is 6.20 Å². The summed E-state index contributed by atoms with van der Waals surface area (Å²) in [4.78, 5) is 2.60. The maximum absolute atomic E-state index is 5.93. The number of morpholine rings is 1. The summed E-state index contributed by atoms with van der Waals surface area (Å²) in [5.41, 5.74) is 1.02. The molecule has 6 nitrogen and oxygen atoms in total. The lowest BCUT2D eigenvalue weighted by molar-refractivity contribution is -0.0889. The molecule has 1 aliphatic carbocycles. The normalized spacial score (nSPS) is 26.7. The van der Waals surface area contributed by atoms with Crippen molar-refractivity contribution in [2.45, 2.75) is 57.8 Å². The van der Waals surface area contributed by atoms with Gasteiger partial charge in [-0.1, -0.05) is 25.0 Å². The molecule has 0 radical (unpaired) electrons. The van der Waals surface area contributed by atoms with Crippen molar-refractivity contribution in [3.05, 3.63) is 11.9 Å². The first-order chi connectivity index (χ1) is 10.4. The summed E-state index contributed by atoms with van der Waals surface area (Å²) in [6, 6.07) is 0.622. The molecule has 1 aliphatic heterocycles. The molecule has 1 N–H and O–H groups in total. The van der Waals surface area contributed by atoms with Gasteiger partial charge < -0.3 is 10.1 Å². The van der Waals surface area contributed by atoms with E-state index in [1.165, 1.54) is 25.7 Å². The lowest BCUT2D eigenvalue weighted by atomic mass is 9.90. The molecular formula is C15H27N5O. The standard InChI is InChI=1S/C15H27N5O/c1-2-16-11-13-12-20(18-17-13)8-7-19-9-10-21-15-6-4-3-5-14(15)19/h12,14-16H,2-11H2,1H3. The van der Waals surface area contributed by atoms with E-state index >= 15 is 0 Å². The molecule has 6 heteroatoms. The van der Waals surface area contributed by atoms with Gasteiger partial charge in [-0.05, 0) is 19.4 Å². The molecule has 21 heavy (non-hydrogen) atoms. The summed E-state index contributed by atoms with van der Waals surface area (Å²) in [6.07, 6.45) is 7.71. The van der Waals surface area contributed by atoms with E-state index in [0.717, 1.165) is 45.0 Å². The SMILES string of the molecule is CCNCc1cn(CCN2CCOC3CCCCC32)nn1. The van der Waals surface area contributed by atoms with Gasteiger partial charge in [0, 0.05) is 31.9 Å². The quantitative estimate of drug-likeness (QED) is 0.849. The Kier molecular flexibility index (Phi) is 5.22. The summed E-state index contributed by atoms with van der Waals surface area (Å²) < 4.78 is 7.90. The van der Waals surface area contributed by atoms with Crippen LogP contribution in [0.1, 0.15) is 38.3 Å². The van der Waals surface area contributed by atoms with Crippen LogP contribution >= 0.6 is 0 Å². The zero-order valence-corrected chi connectivity index (χ0v) is 13.0. The molecule has 0 aromatic carbocycles. The van der Waals surface area contributed by atoms with Gasteiger partial charge in [-0.15, -0.1) is 5.10 Å². The Bertz CT molecular complexity index is 433. The summed E-state index contributed by atoms with van der Waals surface area (Å²) in [5.74, 6) is 0. The van der Waals surface area contributed by atoms with Crippen LogP contribution in [0.2, 0.25) is 0 Å². The van der Waals surface area contributed by atoms with Crippen molar-refractivity contribution in [2.75, 3.05) is 26.2 Å². The number of fused-ring (bicyclic) bond motifs is 1. The fourth-order valence-corrected chi connectivity index (χ4v) is 3.47. The van der Waals surface area contributed by atoms with Crippen LogP contribution in [0, 0.1) is 0 Å². The Balaban J connectivity index is 1.50. The fourth-order valence-electron chi connectivity index (χ4n) is 3.47. The number of rotatable bonds is 6. The number of hydrogen-bond acceptors (Lipinski definition) is 5. The second kappa shape index (κ2) is 7.33. The number of nitrogens with zero attached hydrogens (tertiary/aromatic N) is 4. The molecule has 1 aromatic heterocycles. The second-order valence-electron chi connectivity index (χ2n) is 6.05. The molecular weight excluding hydrogens is 266 g/mol. The molecule has 2 unspecified atom stereocenters. The third-order valence-electron chi connectivity index (χ3n) is 4.61. The van der Waals surface area contributed by atoms with Crippen LogP contribution in [0.25, 0.3) is 0 Å². The van der Waals surface area contributed by atoms with Crippen LogP contribution in [0.3, 0.4) is 0 Å². The number of hydrogen-bond donors (Lipinski definition) is 1. The lowest BCUT2D eigenvalue weighted by Gasteiger charge is -2.43. The second-order valence-corrected chi connectivity index (χ2v) is 6.05. The smallest absolute Gasteiger partial charge is 0.0964 e.